The zero-order valence-corrected chi connectivity index (χ0v) is 13.9. The summed E-state index contributed by atoms with van der Waals surface area (Å²) in [5.41, 5.74) is 1.06. The van der Waals surface area contributed by atoms with Gasteiger partial charge in [-0.15, -0.1) is 10.2 Å². The molecule has 1 amide bonds. The van der Waals surface area contributed by atoms with Crippen LogP contribution in [0.2, 0.25) is 0 Å². The minimum Gasteiger partial charge on any atom is -0.350 e. The predicted octanol–water partition coefficient (Wildman–Crippen LogP) is 2.60. The van der Waals surface area contributed by atoms with Crippen molar-refractivity contribution in [3.63, 3.8) is 0 Å². The zero-order chi connectivity index (χ0) is 15.9. The summed E-state index contributed by atoms with van der Waals surface area (Å²) in [5.74, 6) is 0.799. The Bertz CT molecular complexity index is 623. The molecule has 1 aromatic carbocycles. The SMILES string of the molecule is O=C(CCC1CCNCC1)NCc1nnc(-c2ccccc2)s1. The Morgan fingerprint density at radius 3 is 2.78 bits per heavy atom. The van der Waals surface area contributed by atoms with Crippen LogP contribution in [0.25, 0.3) is 10.6 Å². The third-order valence-electron chi connectivity index (χ3n) is 4.16. The lowest BCUT2D eigenvalue weighted by atomic mass is 9.93. The predicted molar refractivity (Wildman–Crippen MR) is 92.0 cm³/mol. The molecule has 1 aromatic heterocycles. The Morgan fingerprint density at radius 1 is 1.22 bits per heavy atom. The van der Waals surface area contributed by atoms with E-state index in [1.807, 2.05) is 30.3 Å². The van der Waals surface area contributed by atoms with E-state index in [1.165, 1.54) is 24.2 Å². The summed E-state index contributed by atoms with van der Waals surface area (Å²) in [4.78, 5) is 12.0. The van der Waals surface area contributed by atoms with Crippen LogP contribution in [0.15, 0.2) is 30.3 Å². The van der Waals surface area contributed by atoms with E-state index in [0.717, 1.165) is 35.1 Å². The summed E-state index contributed by atoms with van der Waals surface area (Å²) in [6, 6.07) is 9.98. The van der Waals surface area contributed by atoms with Crippen LogP contribution in [0.5, 0.6) is 0 Å². The number of carbonyl (C=O) groups is 1. The van der Waals surface area contributed by atoms with Crippen molar-refractivity contribution in [3.8, 4) is 10.6 Å². The second kappa shape index (κ2) is 8.17. The molecule has 0 unspecified atom stereocenters. The minimum atomic E-state index is 0.111. The summed E-state index contributed by atoms with van der Waals surface area (Å²) < 4.78 is 0. The van der Waals surface area contributed by atoms with Gasteiger partial charge in [0, 0.05) is 12.0 Å². The van der Waals surface area contributed by atoms with Crippen molar-refractivity contribution in [2.75, 3.05) is 13.1 Å². The molecule has 0 spiro atoms. The van der Waals surface area contributed by atoms with Crippen molar-refractivity contribution in [1.82, 2.24) is 20.8 Å². The van der Waals surface area contributed by atoms with Crippen molar-refractivity contribution in [2.45, 2.75) is 32.2 Å². The summed E-state index contributed by atoms with van der Waals surface area (Å²) >= 11 is 1.53. The van der Waals surface area contributed by atoms with Gasteiger partial charge in [0.25, 0.3) is 0 Å². The first-order chi connectivity index (χ1) is 11.3. The van der Waals surface area contributed by atoms with Gasteiger partial charge in [-0.25, -0.2) is 0 Å². The Kier molecular flexibility index (Phi) is 5.71. The highest BCUT2D eigenvalue weighted by atomic mass is 32.1. The Hall–Kier alpha value is -1.79. The van der Waals surface area contributed by atoms with Gasteiger partial charge in [0.05, 0.1) is 6.54 Å². The molecule has 122 valence electrons. The minimum absolute atomic E-state index is 0.111. The molecule has 3 rings (SSSR count). The third kappa shape index (κ3) is 4.84. The lowest BCUT2D eigenvalue weighted by Gasteiger charge is -2.22. The summed E-state index contributed by atoms with van der Waals surface area (Å²) in [7, 11) is 0. The van der Waals surface area contributed by atoms with Crippen molar-refractivity contribution in [1.29, 1.82) is 0 Å². The van der Waals surface area contributed by atoms with Crippen LogP contribution < -0.4 is 10.6 Å². The molecule has 1 aliphatic rings. The number of hydrogen-bond donors (Lipinski definition) is 2. The van der Waals surface area contributed by atoms with Gasteiger partial charge in [-0.1, -0.05) is 41.7 Å². The van der Waals surface area contributed by atoms with Crippen molar-refractivity contribution < 1.29 is 4.79 Å². The molecule has 0 atom stereocenters. The van der Waals surface area contributed by atoms with Gasteiger partial charge in [0.1, 0.15) is 10.0 Å². The van der Waals surface area contributed by atoms with Crippen LogP contribution >= 0.6 is 11.3 Å². The van der Waals surface area contributed by atoms with Gasteiger partial charge >= 0.3 is 0 Å². The number of aromatic nitrogens is 2. The van der Waals surface area contributed by atoms with Crippen molar-refractivity contribution in [2.24, 2.45) is 5.92 Å². The van der Waals surface area contributed by atoms with Crippen LogP contribution in [0.3, 0.4) is 0 Å². The maximum atomic E-state index is 12.0. The van der Waals surface area contributed by atoms with Crippen LogP contribution in [-0.2, 0) is 11.3 Å². The van der Waals surface area contributed by atoms with E-state index in [0.29, 0.717) is 18.9 Å². The molecular weight excluding hydrogens is 308 g/mol. The normalized spacial score (nSPS) is 15.5. The Labute approximate surface area is 140 Å². The lowest BCUT2D eigenvalue weighted by molar-refractivity contribution is -0.121. The second-order valence-electron chi connectivity index (χ2n) is 5.88. The molecule has 1 saturated heterocycles. The Morgan fingerprint density at radius 2 is 2.00 bits per heavy atom. The number of amides is 1. The molecule has 0 radical (unpaired) electrons. The highest BCUT2D eigenvalue weighted by Gasteiger charge is 2.14. The van der Waals surface area contributed by atoms with Gasteiger partial charge < -0.3 is 10.6 Å². The molecule has 6 heteroatoms. The molecule has 0 aliphatic carbocycles. The van der Waals surface area contributed by atoms with Gasteiger partial charge in [-0.3, -0.25) is 4.79 Å². The van der Waals surface area contributed by atoms with E-state index in [1.54, 1.807) is 0 Å². The van der Waals surface area contributed by atoms with Gasteiger partial charge in [0.2, 0.25) is 5.91 Å². The fourth-order valence-corrected chi connectivity index (χ4v) is 3.58. The van der Waals surface area contributed by atoms with Gasteiger partial charge in [0.15, 0.2) is 0 Å². The summed E-state index contributed by atoms with van der Waals surface area (Å²) in [6.07, 6.45) is 3.96. The topological polar surface area (TPSA) is 66.9 Å². The summed E-state index contributed by atoms with van der Waals surface area (Å²) in [6.45, 7) is 2.63. The van der Waals surface area contributed by atoms with Gasteiger partial charge in [-0.05, 0) is 38.3 Å². The number of hydrogen-bond acceptors (Lipinski definition) is 5. The highest BCUT2D eigenvalue weighted by Crippen LogP contribution is 2.23. The molecule has 2 heterocycles. The molecule has 1 fully saturated rings. The van der Waals surface area contributed by atoms with Crippen LogP contribution in [0.1, 0.15) is 30.7 Å². The van der Waals surface area contributed by atoms with E-state index in [-0.39, 0.29) is 5.91 Å². The van der Waals surface area contributed by atoms with E-state index in [2.05, 4.69) is 20.8 Å². The van der Waals surface area contributed by atoms with E-state index in [9.17, 15) is 4.79 Å². The number of carbonyl (C=O) groups excluding carboxylic acids is 1. The Balaban J connectivity index is 1.43. The monoisotopic (exact) mass is 330 g/mol. The number of benzene rings is 1. The van der Waals surface area contributed by atoms with Crippen molar-refractivity contribution >= 4 is 17.2 Å². The molecule has 0 bridgehead atoms. The largest absolute Gasteiger partial charge is 0.350 e. The highest BCUT2D eigenvalue weighted by molar-refractivity contribution is 7.14. The number of rotatable bonds is 6. The molecule has 0 saturated carbocycles. The number of nitrogens with one attached hydrogen (secondary N) is 2. The standard InChI is InChI=1S/C17H22N4OS/c22-15(7-6-13-8-10-18-11-9-13)19-12-16-20-21-17(23-16)14-4-2-1-3-5-14/h1-5,13,18H,6-12H2,(H,19,22). The van der Waals surface area contributed by atoms with Gasteiger partial charge in [-0.2, -0.15) is 0 Å². The second-order valence-corrected chi connectivity index (χ2v) is 6.94. The maximum Gasteiger partial charge on any atom is 0.220 e. The fourth-order valence-electron chi connectivity index (χ4n) is 2.79. The molecule has 23 heavy (non-hydrogen) atoms. The molecular formula is C17H22N4OS. The molecule has 5 nitrogen and oxygen atoms in total. The number of nitrogens with zero attached hydrogens (tertiary/aromatic N) is 2. The van der Waals surface area contributed by atoms with E-state index < -0.39 is 0 Å². The van der Waals surface area contributed by atoms with Crippen LogP contribution in [-0.4, -0.2) is 29.2 Å². The average Bonchev–Trinajstić information content (AvgIpc) is 3.09. The maximum absolute atomic E-state index is 12.0. The molecule has 2 N–H and O–H groups in total. The first-order valence-corrected chi connectivity index (χ1v) is 8.98. The fraction of sp³-hybridized carbons (Fsp3) is 0.471. The van der Waals surface area contributed by atoms with Crippen LogP contribution in [0, 0.1) is 5.92 Å². The van der Waals surface area contributed by atoms with E-state index in [4.69, 9.17) is 0 Å². The quantitative estimate of drug-likeness (QED) is 0.854. The lowest BCUT2D eigenvalue weighted by Crippen LogP contribution is -2.29. The molecule has 1 aliphatic heterocycles. The first kappa shape index (κ1) is 16.1. The van der Waals surface area contributed by atoms with Crippen molar-refractivity contribution in [3.05, 3.63) is 35.3 Å². The third-order valence-corrected chi connectivity index (χ3v) is 5.14. The van der Waals surface area contributed by atoms with Crippen LogP contribution in [0.4, 0.5) is 0 Å². The van der Waals surface area contributed by atoms with E-state index >= 15 is 0 Å². The zero-order valence-electron chi connectivity index (χ0n) is 13.1. The average molecular weight is 330 g/mol. The smallest absolute Gasteiger partial charge is 0.220 e. The first-order valence-electron chi connectivity index (χ1n) is 8.16. The number of piperidine rings is 1. The summed E-state index contributed by atoms with van der Waals surface area (Å²) in [5, 5.41) is 16.4. The molecule has 2 aromatic rings.